The summed E-state index contributed by atoms with van der Waals surface area (Å²) < 4.78 is 5.41. The maximum atomic E-state index is 12.8. The van der Waals surface area contributed by atoms with Crippen LogP contribution >= 0.6 is 11.6 Å². The average Bonchev–Trinajstić information content (AvgIpc) is 2.85. The fourth-order valence-corrected chi connectivity index (χ4v) is 4.81. The van der Waals surface area contributed by atoms with Crippen LogP contribution in [-0.2, 0) is 9.53 Å². The van der Waals surface area contributed by atoms with Gasteiger partial charge in [0.25, 0.3) is 5.91 Å². The van der Waals surface area contributed by atoms with E-state index >= 15 is 0 Å². The quantitative estimate of drug-likeness (QED) is 0.654. The maximum absolute atomic E-state index is 12.8. The van der Waals surface area contributed by atoms with Gasteiger partial charge in [-0.3, -0.25) is 19.4 Å². The molecule has 0 saturated carbocycles. The van der Waals surface area contributed by atoms with Gasteiger partial charge < -0.3 is 20.3 Å². The number of anilines is 2. The van der Waals surface area contributed by atoms with Gasteiger partial charge in [-0.05, 0) is 42.9 Å². The summed E-state index contributed by atoms with van der Waals surface area (Å²) in [6.07, 6.45) is 0. The molecule has 2 heterocycles. The fourth-order valence-electron chi connectivity index (χ4n) is 4.51. The van der Waals surface area contributed by atoms with E-state index < -0.39 is 0 Å². The molecule has 0 spiro atoms. The molecule has 8 nitrogen and oxygen atoms in total. The van der Waals surface area contributed by atoms with Gasteiger partial charge in [0, 0.05) is 57.1 Å². The molecular weight excluding hydrogens is 454 g/mol. The van der Waals surface area contributed by atoms with Crippen molar-refractivity contribution in [1.29, 1.82) is 0 Å². The summed E-state index contributed by atoms with van der Waals surface area (Å²) in [5.74, 6) is -0.174. The number of likely N-dealkylation sites (N-methyl/N-ethyl adjacent to an activating group) is 1. The second-order valence-corrected chi connectivity index (χ2v) is 9.16. The second kappa shape index (κ2) is 11.2. The Morgan fingerprint density at radius 3 is 2.62 bits per heavy atom. The molecular formula is C25H32ClN5O3. The number of halogens is 1. The van der Waals surface area contributed by atoms with Crippen molar-refractivity contribution in [2.75, 3.05) is 76.8 Å². The van der Waals surface area contributed by atoms with Crippen molar-refractivity contribution in [3.63, 3.8) is 0 Å². The molecule has 4 rings (SSSR count). The molecule has 2 saturated heterocycles. The topological polar surface area (TPSA) is 77.2 Å². The number of hydrogen-bond acceptors (Lipinski definition) is 6. The van der Waals surface area contributed by atoms with E-state index in [1.807, 2.05) is 36.4 Å². The molecule has 2 aromatic carbocycles. The highest BCUT2D eigenvalue weighted by molar-refractivity contribution is 6.33. The van der Waals surface area contributed by atoms with Crippen LogP contribution in [-0.4, -0.2) is 88.2 Å². The van der Waals surface area contributed by atoms with Crippen LogP contribution in [0.1, 0.15) is 22.0 Å². The van der Waals surface area contributed by atoms with Crippen LogP contribution in [0, 0.1) is 0 Å². The van der Waals surface area contributed by atoms with Crippen molar-refractivity contribution in [2.45, 2.75) is 6.04 Å². The molecule has 1 atom stereocenters. The Hall–Kier alpha value is -2.65. The van der Waals surface area contributed by atoms with Gasteiger partial charge in [-0.25, -0.2) is 0 Å². The number of nitrogens with zero attached hydrogens (tertiary/aromatic N) is 3. The van der Waals surface area contributed by atoms with Gasteiger partial charge in [-0.1, -0.05) is 23.7 Å². The first kappa shape index (κ1) is 24.5. The summed E-state index contributed by atoms with van der Waals surface area (Å²) >= 11 is 6.51. The number of piperazine rings is 1. The van der Waals surface area contributed by atoms with E-state index in [0.29, 0.717) is 42.6 Å². The molecule has 2 N–H and O–H groups in total. The van der Waals surface area contributed by atoms with E-state index in [1.165, 1.54) is 0 Å². The van der Waals surface area contributed by atoms with Crippen molar-refractivity contribution >= 4 is 34.8 Å². The second-order valence-electron chi connectivity index (χ2n) is 8.75. The smallest absolute Gasteiger partial charge is 0.251 e. The van der Waals surface area contributed by atoms with E-state index in [2.05, 4.69) is 32.4 Å². The SMILES string of the molecule is CNC(=O)c1cccc(C2CN(CC(=O)Nc3ccc(N4CCOCC4)c(Cl)c3)CCN2C)c1. The van der Waals surface area contributed by atoms with Crippen molar-refractivity contribution < 1.29 is 14.3 Å². The van der Waals surface area contributed by atoms with E-state index in [0.717, 1.165) is 37.4 Å². The highest BCUT2D eigenvalue weighted by atomic mass is 35.5. The predicted molar refractivity (Wildman–Crippen MR) is 135 cm³/mol. The first-order chi connectivity index (χ1) is 16.4. The monoisotopic (exact) mass is 485 g/mol. The molecule has 0 radical (unpaired) electrons. The maximum Gasteiger partial charge on any atom is 0.251 e. The third-order valence-electron chi connectivity index (χ3n) is 6.44. The lowest BCUT2D eigenvalue weighted by Crippen LogP contribution is -2.48. The van der Waals surface area contributed by atoms with Gasteiger partial charge in [-0.2, -0.15) is 0 Å². The van der Waals surface area contributed by atoms with Crippen molar-refractivity contribution in [2.24, 2.45) is 0 Å². The molecule has 2 aliphatic rings. The summed E-state index contributed by atoms with van der Waals surface area (Å²) in [6, 6.07) is 13.4. The Kier molecular flexibility index (Phi) is 8.05. The molecule has 2 fully saturated rings. The zero-order valence-electron chi connectivity index (χ0n) is 19.7. The first-order valence-corrected chi connectivity index (χ1v) is 12.0. The van der Waals surface area contributed by atoms with Gasteiger partial charge in [0.15, 0.2) is 0 Å². The predicted octanol–water partition coefficient (Wildman–Crippen LogP) is 2.46. The lowest BCUT2D eigenvalue weighted by molar-refractivity contribution is -0.118. The van der Waals surface area contributed by atoms with Crippen LogP contribution in [0.4, 0.5) is 11.4 Å². The van der Waals surface area contributed by atoms with Gasteiger partial charge in [0.05, 0.1) is 30.5 Å². The molecule has 1 unspecified atom stereocenters. The van der Waals surface area contributed by atoms with Crippen molar-refractivity contribution in [3.8, 4) is 0 Å². The summed E-state index contributed by atoms with van der Waals surface area (Å²) in [6.45, 7) is 5.63. The third kappa shape index (κ3) is 5.88. The van der Waals surface area contributed by atoms with Crippen LogP contribution in [0.15, 0.2) is 42.5 Å². The molecule has 182 valence electrons. The number of rotatable bonds is 6. The Morgan fingerprint density at radius 2 is 1.88 bits per heavy atom. The van der Waals surface area contributed by atoms with Gasteiger partial charge >= 0.3 is 0 Å². The van der Waals surface area contributed by atoms with Crippen LogP contribution in [0.25, 0.3) is 0 Å². The number of ether oxygens (including phenoxy) is 1. The number of morpholine rings is 1. The zero-order valence-corrected chi connectivity index (χ0v) is 20.5. The Labute approximate surface area is 205 Å². The van der Waals surface area contributed by atoms with Gasteiger partial charge in [0.1, 0.15) is 0 Å². The molecule has 9 heteroatoms. The molecule has 0 bridgehead atoms. The van der Waals surface area contributed by atoms with Crippen LogP contribution < -0.4 is 15.5 Å². The molecule has 0 aliphatic carbocycles. The molecule has 2 aliphatic heterocycles. The summed E-state index contributed by atoms with van der Waals surface area (Å²) in [5, 5.41) is 6.28. The van der Waals surface area contributed by atoms with Crippen molar-refractivity contribution in [1.82, 2.24) is 15.1 Å². The minimum atomic E-state index is -0.102. The van der Waals surface area contributed by atoms with Crippen molar-refractivity contribution in [3.05, 3.63) is 58.6 Å². The molecule has 2 aromatic rings. The fraction of sp³-hybridized carbons (Fsp3) is 0.440. The number of amides is 2. The number of benzene rings is 2. The van der Waals surface area contributed by atoms with E-state index in [4.69, 9.17) is 16.3 Å². The molecule has 2 amide bonds. The number of nitrogens with one attached hydrogen (secondary N) is 2. The van der Waals surface area contributed by atoms with Crippen LogP contribution in [0.3, 0.4) is 0 Å². The third-order valence-corrected chi connectivity index (χ3v) is 6.75. The minimum Gasteiger partial charge on any atom is -0.378 e. The standard InChI is InChI=1S/C25H32ClN5O3/c1-27-25(33)19-5-3-4-18(14-19)23-16-30(9-8-29(23)2)17-24(32)28-20-6-7-22(21(26)15-20)31-10-12-34-13-11-31/h3-7,14-15,23H,8-13,16-17H2,1-2H3,(H,27,33)(H,28,32). The van der Waals surface area contributed by atoms with Crippen LogP contribution in [0.5, 0.6) is 0 Å². The normalized spacial score (nSPS) is 19.6. The summed E-state index contributed by atoms with van der Waals surface area (Å²) in [7, 11) is 3.71. The zero-order chi connectivity index (χ0) is 24.1. The van der Waals surface area contributed by atoms with E-state index in [9.17, 15) is 9.59 Å². The number of carbonyl (C=O) groups excluding carboxylic acids is 2. The Bertz CT molecular complexity index is 1030. The first-order valence-electron chi connectivity index (χ1n) is 11.6. The largest absolute Gasteiger partial charge is 0.378 e. The molecule has 34 heavy (non-hydrogen) atoms. The lowest BCUT2D eigenvalue weighted by atomic mass is 10.00. The summed E-state index contributed by atoms with van der Waals surface area (Å²) in [5.41, 5.74) is 3.36. The number of carbonyl (C=O) groups is 2. The Balaban J connectivity index is 1.37. The Morgan fingerprint density at radius 1 is 1.09 bits per heavy atom. The van der Waals surface area contributed by atoms with Crippen LogP contribution in [0.2, 0.25) is 5.02 Å². The van der Waals surface area contributed by atoms with E-state index in [-0.39, 0.29) is 17.9 Å². The minimum absolute atomic E-state index is 0.0717. The highest BCUT2D eigenvalue weighted by Gasteiger charge is 2.27. The van der Waals surface area contributed by atoms with E-state index in [1.54, 1.807) is 13.1 Å². The summed E-state index contributed by atoms with van der Waals surface area (Å²) in [4.78, 5) is 31.4. The van der Waals surface area contributed by atoms with Gasteiger partial charge in [0.2, 0.25) is 5.91 Å². The lowest BCUT2D eigenvalue weighted by Gasteiger charge is -2.39. The average molecular weight is 486 g/mol. The molecule has 0 aromatic heterocycles. The highest BCUT2D eigenvalue weighted by Crippen LogP contribution is 2.30. The number of hydrogen-bond donors (Lipinski definition) is 2. The van der Waals surface area contributed by atoms with Gasteiger partial charge in [-0.15, -0.1) is 0 Å².